The Morgan fingerprint density at radius 3 is 2.22 bits per heavy atom. The van der Waals surface area contributed by atoms with Crippen molar-refractivity contribution in [3.05, 3.63) is 66.0 Å². The van der Waals surface area contributed by atoms with Crippen LogP contribution in [0.5, 0.6) is 0 Å². The molecule has 0 saturated carbocycles. The molecule has 0 N–H and O–H groups in total. The zero-order valence-electron chi connectivity index (χ0n) is 12.9. The van der Waals surface area contributed by atoms with Crippen molar-refractivity contribution in [2.75, 3.05) is 11.9 Å². The molecule has 122 valence electrons. The van der Waals surface area contributed by atoms with Crippen molar-refractivity contribution in [1.29, 1.82) is 0 Å². The van der Waals surface area contributed by atoms with Crippen LogP contribution in [0, 0.1) is 5.82 Å². The molecule has 23 heavy (non-hydrogen) atoms. The molecule has 0 aliphatic carbocycles. The van der Waals surface area contributed by atoms with E-state index in [9.17, 15) is 17.6 Å². The lowest BCUT2D eigenvalue weighted by Crippen LogP contribution is -2.39. The van der Waals surface area contributed by atoms with Crippen LogP contribution < -0.4 is 4.90 Å². The van der Waals surface area contributed by atoms with E-state index >= 15 is 0 Å². The molecule has 0 fully saturated rings. The second-order valence-electron chi connectivity index (χ2n) is 5.31. The molecule has 1 atom stereocenters. The Labute approximate surface area is 135 Å². The third-order valence-corrected chi connectivity index (χ3v) is 5.66. The third kappa shape index (κ3) is 4.16. The minimum absolute atomic E-state index is 0.303. The van der Waals surface area contributed by atoms with Crippen molar-refractivity contribution in [3.63, 3.8) is 0 Å². The van der Waals surface area contributed by atoms with Gasteiger partial charge >= 0.3 is 0 Å². The lowest BCUT2D eigenvalue weighted by Gasteiger charge is -2.21. The zero-order valence-corrected chi connectivity index (χ0v) is 13.8. The topological polar surface area (TPSA) is 54.5 Å². The van der Waals surface area contributed by atoms with E-state index in [1.807, 2.05) is 6.07 Å². The second kappa shape index (κ2) is 6.91. The van der Waals surface area contributed by atoms with Gasteiger partial charge in [0.2, 0.25) is 5.91 Å². The van der Waals surface area contributed by atoms with Crippen LogP contribution in [-0.2, 0) is 20.4 Å². The number of para-hydroxylation sites is 1. The maximum atomic E-state index is 12.9. The summed E-state index contributed by atoms with van der Waals surface area (Å²) in [6, 6.07) is 14.1. The molecule has 4 nitrogen and oxygen atoms in total. The Morgan fingerprint density at radius 1 is 1.09 bits per heavy atom. The lowest BCUT2D eigenvalue weighted by molar-refractivity contribution is -0.117. The van der Waals surface area contributed by atoms with Crippen molar-refractivity contribution in [1.82, 2.24) is 0 Å². The molecule has 1 amide bonds. The summed E-state index contributed by atoms with van der Waals surface area (Å²) in [6.07, 6.45) is 0. The molecule has 0 saturated heterocycles. The number of hydrogen-bond donors (Lipinski definition) is 0. The summed E-state index contributed by atoms with van der Waals surface area (Å²) in [5, 5.41) is -1.18. The summed E-state index contributed by atoms with van der Waals surface area (Å²) in [5.41, 5.74) is 1.08. The number of rotatable bonds is 5. The van der Waals surface area contributed by atoms with Crippen LogP contribution in [0.1, 0.15) is 12.5 Å². The number of benzene rings is 2. The van der Waals surface area contributed by atoms with Gasteiger partial charge in [-0.15, -0.1) is 0 Å². The fraction of sp³-hybridized carbons (Fsp3) is 0.235. The Morgan fingerprint density at radius 2 is 1.65 bits per heavy atom. The van der Waals surface area contributed by atoms with Gasteiger partial charge in [0.05, 0.1) is 5.75 Å². The molecular formula is C17H18FNO3S. The monoisotopic (exact) mass is 335 g/mol. The van der Waals surface area contributed by atoms with E-state index in [1.54, 1.807) is 31.3 Å². The highest BCUT2D eigenvalue weighted by molar-refractivity contribution is 7.92. The number of halogens is 1. The SMILES string of the molecule is C[C@@H](C(=O)N(C)c1ccccc1)S(=O)(=O)Cc1ccc(F)cc1. The minimum Gasteiger partial charge on any atom is -0.314 e. The molecule has 2 rings (SSSR count). The fourth-order valence-electron chi connectivity index (χ4n) is 2.14. The van der Waals surface area contributed by atoms with Crippen molar-refractivity contribution < 1.29 is 17.6 Å². The van der Waals surface area contributed by atoms with Crippen molar-refractivity contribution in [2.24, 2.45) is 0 Å². The normalized spacial score (nSPS) is 12.7. The second-order valence-corrected chi connectivity index (χ2v) is 7.63. The van der Waals surface area contributed by atoms with Gasteiger partial charge in [-0.05, 0) is 36.8 Å². The number of nitrogens with zero attached hydrogens (tertiary/aromatic N) is 1. The van der Waals surface area contributed by atoms with E-state index < -0.39 is 26.8 Å². The summed E-state index contributed by atoms with van der Waals surface area (Å²) < 4.78 is 37.7. The molecule has 0 bridgehead atoms. The molecule has 0 aliphatic heterocycles. The smallest absolute Gasteiger partial charge is 0.244 e. The highest BCUT2D eigenvalue weighted by atomic mass is 32.2. The molecule has 0 heterocycles. The van der Waals surface area contributed by atoms with E-state index in [2.05, 4.69) is 0 Å². The Hall–Kier alpha value is -2.21. The molecule has 6 heteroatoms. The molecule has 2 aromatic carbocycles. The van der Waals surface area contributed by atoms with Crippen LogP contribution in [0.3, 0.4) is 0 Å². The first-order valence-corrected chi connectivity index (χ1v) is 8.81. The summed E-state index contributed by atoms with van der Waals surface area (Å²) in [5.74, 6) is -1.24. The van der Waals surface area contributed by atoms with Crippen molar-refractivity contribution in [3.8, 4) is 0 Å². The van der Waals surface area contributed by atoms with Crippen LogP contribution in [-0.4, -0.2) is 26.6 Å². The average Bonchev–Trinajstić information content (AvgIpc) is 2.55. The molecule has 0 spiro atoms. The first-order valence-electron chi connectivity index (χ1n) is 7.10. The van der Waals surface area contributed by atoms with Crippen molar-refractivity contribution in [2.45, 2.75) is 17.9 Å². The van der Waals surface area contributed by atoms with E-state index in [1.165, 1.54) is 36.1 Å². The largest absolute Gasteiger partial charge is 0.314 e. The number of amides is 1. The zero-order chi connectivity index (χ0) is 17.0. The molecule has 0 unspecified atom stereocenters. The molecular weight excluding hydrogens is 317 g/mol. The van der Waals surface area contributed by atoms with Gasteiger partial charge in [-0.25, -0.2) is 12.8 Å². The maximum absolute atomic E-state index is 12.9. The number of anilines is 1. The van der Waals surface area contributed by atoms with Crippen LogP contribution in [0.4, 0.5) is 10.1 Å². The quantitative estimate of drug-likeness (QED) is 0.844. The standard InChI is InChI=1S/C17H18FNO3S/c1-13(17(20)19(2)16-6-4-3-5-7-16)23(21,22)12-14-8-10-15(18)11-9-14/h3-11,13H,12H2,1-2H3/t13-/m0/s1. The van der Waals surface area contributed by atoms with Crippen LogP contribution in [0.25, 0.3) is 0 Å². The predicted molar refractivity (Wildman–Crippen MR) is 88.3 cm³/mol. The van der Waals surface area contributed by atoms with E-state index in [-0.39, 0.29) is 5.75 Å². The fourth-order valence-corrected chi connectivity index (χ4v) is 3.52. The summed E-state index contributed by atoms with van der Waals surface area (Å²) >= 11 is 0. The Kier molecular flexibility index (Phi) is 5.15. The summed E-state index contributed by atoms with van der Waals surface area (Å²) in [7, 11) is -2.15. The van der Waals surface area contributed by atoms with Gasteiger partial charge in [-0.1, -0.05) is 30.3 Å². The maximum Gasteiger partial charge on any atom is 0.244 e. The number of carbonyl (C=O) groups is 1. The van der Waals surface area contributed by atoms with E-state index in [0.717, 1.165) is 0 Å². The molecule has 0 radical (unpaired) electrons. The molecule has 2 aromatic rings. The predicted octanol–water partition coefficient (Wildman–Crippen LogP) is 2.79. The highest BCUT2D eigenvalue weighted by Crippen LogP contribution is 2.17. The van der Waals surface area contributed by atoms with Crippen LogP contribution in [0.15, 0.2) is 54.6 Å². The first-order chi connectivity index (χ1) is 10.8. The van der Waals surface area contributed by atoms with Gasteiger partial charge in [-0.2, -0.15) is 0 Å². The Balaban J connectivity index is 2.15. The lowest BCUT2D eigenvalue weighted by atomic mass is 10.2. The molecule has 0 aliphatic rings. The van der Waals surface area contributed by atoms with Crippen LogP contribution in [0.2, 0.25) is 0 Å². The number of sulfone groups is 1. The summed E-state index contributed by atoms with van der Waals surface area (Å²) in [6.45, 7) is 1.38. The number of hydrogen-bond acceptors (Lipinski definition) is 3. The average molecular weight is 335 g/mol. The van der Waals surface area contributed by atoms with Gasteiger partial charge in [0.15, 0.2) is 9.84 Å². The van der Waals surface area contributed by atoms with Crippen LogP contribution >= 0.6 is 0 Å². The van der Waals surface area contributed by atoms with Gasteiger partial charge in [0.25, 0.3) is 0 Å². The summed E-state index contributed by atoms with van der Waals surface area (Å²) in [4.78, 5) is 13.7. The van der Waals surface area contributed by atoms with Gasteiger partial charge in [-0.3, -0.25) is 4.79 Å². The van der Waals surface area contributed by atoms with Gasteiger partial charge < -0.3 is 4.90 Å². The van der Waals surface area contributed by atoms with Gasteiger partial charge in [0, 0.05) is 12.7 Å². The van der Waals surface area contributed by atoms with E-state index in [4.69, 9.17) is 0 Å². The number of carbonyl (C=O) groups excluding carboxylic acids is 1. The molecule has 0 aromatic heterocycles. The van der Waals surface area contributed by atoms with Crippen molar-refractivity contribution >= 4 is 21.4 Å². The van der Waals surface area contributed by atoms with E-state index in [0.29, 0.717) is 11.3 Å². The first kappa shape index (κ1) is 17.1. The minimum atomic E-state index is -3.69. The van der Waals surface area contributed by atoms with Gasteiger partial charge in [0.1, 0.15) is 11.1 Å². The Bertz CT molecular complexity index is 773. The highest BCUT2D eigenvalue weighted by Gasteiger charge is 2.30. The third-order valence-electron chi connectivity index (χ3n) is 3.64.